The van der Waals surface area contributed by atoms with Crippen LogP contribution in [0.1, 0.15) is 39.2 Å². The summed E-state index contributed by atoms with van der Waals surface area (Å²) >= 11 is 0. The maximum atomic E-state index is 14.1. The molecule has 0 spiro atoms. The molecule has 1 aromatic rings. The number of sulfone groups is 1. The number of carbonyl (C=O) groups excluding carboxylic acids is 1. The van der Waals surface area contributed by atoms with E-state index in [0.717, 1.165) is 0 Å². The number of hydrogen-bond acceptors (Lipinski definition) is 4. The van der Waals surface area contributed by atoms with Gasteiger partial charge in [0.2, 0.25) is 0 Å². The van der Waals surface area contributed by atoms with Crippen LogP contribution in [0.2, 0.25) is 0 Å². The molecule has 1 fully saturated rings. The van der Waals surface area contributed by atoms with Gasteiger partial charge in [0, 0.05) is 13.1 Å². The molecule has 1 amide bonds. The van der Waals surface area contributed by atoms with Gasteiger partial charge in [-0.25, -0.2) is 17.6 Å². The highest BCUT2D eigenvalue weighted by Crippen LogP contribution is 2.22. The lowest BCUT2D eigenvalue weighted by molar-refractivity contribution is 0.0191. The Balaban J connectivity index is 1.85. The lowest BCUT2D eigenvalue weighted by Crippen LogP contribution is -2.42. The second-order valence-electron chi connectivity index (χ2n) is 7.97. The van der Waals surface area contributed by atoms with Crippen molar-refractivity contribution in [2.24, 2.45) is 5.92 Å². The Morgan fingerprint density at radius 2 is 1.81 bits per heavy atom. The summed E-state index contributed by atoms with van der Waals surface area (Å²) in [5, 5.41) is 0. The first-order valence-corrected chi connectivity index (χ1v) is 11.0. The summed E-state index contributed by atoms with van der Waals surface area (Å²) in [6.07, 6.45) is 2.02. The lowest BCUT2D eigenvalue weighted by Gasteiger charge is -2.33. The minimum atomic E-state index is -3.55. The SMILES string of the molecule is CC(C)(C)OC(=O)N1CCC(CS(=O)(=O)CC(F)=Cc2ccccc2)CC1. The molecular weight excluding hydrogens is 369 g/mol. The first kappa shape index (κ1) is 21.4. The Morgan fingerprint density at radius 1 is 1.22 bits per heavy atom. The Labute approximate surface area is 161 Å². The van der Waals surface area contributed by atoms with E-state index in [1.54, 1.807) is 29.2 Å². The van der Waals surface area contributed by atoms with E-state index < -0.39 is 27.0 Å². The number of carbonyl (C=O) groups is 1. The molecule has 1 aliphatic rings. The Kier molecular flexibility index (Phi) is 7.03. The topological polar surface area (TPSA) is 63.7 Å². The fourth-order valence-corrected chi connectivity index (χ4v) is 4.68. The van der Waals surface area contributed by atoms with Crippen molar-refractivity contribution < 1.29 is 22.3 Å². The Morgan fingerprint density at radius 3 is 2.37 bits per heavy atom. The van der Waals surface area contributed by atoms with Crippen molar-refractivity contribution in [3.8, 4) is 0 Å². The maximum absolute atomic E-state index is 14.1. The predicted molar refractivity (Wildman–Crippen MR) is 105 cm³/mol. The number of ether oxygens (including phenoxy) is 1. The Hall–Kier alpha value is -1.89. The van der Waals surface area contributed by atoms with E-state index in [4.69, 9.17) is 4.74 Å². The van der Waals surface area contributed by atoms with Crippen molar-refractivity contribution in [1.82, 2.24) is 4.90 Å². The van der Waals surface area contributed by atoms with Crippen LogP contribution in [-0.4, -0.2) is 49.6 Å². The summed E-state index contributed by atoms with van der Waals surface area (Å²) in [6.45, 7) is 6.33. The van der Waals surface area contributed by atoms with Crippen molar-refractivity contribution in [1.29, 1.82) is 0 Å². The van der Waals surface area contributed by atoms with Gasteiger partial charge in [-0.1, -0.05) is 30.3 Å². The van der Waals surface area contributed by atoms with Crippen LogP contribution in [0.5, 0.6) is 0 Å². The third-order valence-corrected chi connectivity index (χ3v) is 5.93. The molecule has 5 nitrogen and oxygen atoms in total. The van der Waals surface area contributed by atoms with Crippen molar-refractivity contribution in [3.63, 3.8) is 0 Å². The van der Waals surface area contributed by atoms with Gasteiger partial charge in [-0.15, -0.1) is 0 Å². The van der Waals surface area contributed by atoms with Crippen LogP contribution in [0.3, 0.4) is 0 Å². The van der Waals surface area contributed by atoms with E-state index >= 15 is 0 Å². The van der Waals surface area contributed by atoms with Gasteiger partial charge in [0.05, 0.1) is 5.75 Å². The molecule has 0 N–H and O–H groups in total. The minimum absolute atomic E-state index is 0.0643. The number of halogens is 1. The number of likely N-dealkylation sites (tertiary alicyclic amines) is 1. The molecule has 0 unspecified atom stereocenters. The van der Waals surface area contributed by atoms with Crippen LogP contribution in [0.15, 0.2) is 36.2 Å². The molecule has 1 saturated heterocycles. The van der Waals surface area contributed by atoms with Crippen molar-refractivity contribution in [3.05, 3.63) is 41.7 Å². The molecule has 0 atom stereocenters. The molecule has 1 heterocycles. The van der Waals surface area contributed by atoms with Crippen LogP contribution in [0, 0.1) is 5.92 Å². The smallest absolute Gasteiger partial charge is 0.410 e. The zero-order chi connectivity index (χ0) is 20.1. The number of piperidine rings is 1. The average molecular weight is 398 g/mol. The first-order valence-electron chi connectivity index (χ1n) is 9.13. The monoisotopic (exact) mass is 397 g/mol. The van der Waals surface area contributed by atoms with Crippen LogP contribution < -0.4 is 0 Å². The van der Waals surface area contributed by atoms with Crippen molar-refractivity contribution in [2.75, 3.05) is 24.6 Å². The molecule has 1 aliphatic heterocycles. The normalized spacial score (nSPS) is 17.0. The zero-order valence-corrected chi connectivity index (χ0v) is 17.0. The van der Waals surface area contributed by atoms with E-state index in [9.17, 15) is 17.6 Å². The molecule has 27 heavy (non-hydrogen) atoms. The summed E-state index contributed by atoms with van der Waals surface area (Å²) in [7, 11) is -3.55. The van der Waals surface area contributed by atoms with Crippen LogP contribution in [-0.2, 0) is 14.6 Å². The van der Waals surface area contributed by atoms with Gasteiger partial charge in [-0.05, 0) is 51.2 Å². The first-order chi connectivity index (χ1) is 12.5. The molecule has 150 valence electrons. The predicted octanol–water partition coefficient (Wildman–Crippen LogP) is 4.06. The van der Waals surface area contributed by atoms with Crippen molar-refractivity contribution in [2.45, 2.75) is 39.2 Å². The second kappa shape index (κ2) is 8.87. The molecule has 0 aromatic heterocycles. The average Bonchev–Trinajstić information content (AvgIpc) is 2.53. The highest BCUT2D eigenvalue weighted by molar-refractivity contribution is 7.91. The molecule has 0 radical (unpaired) electrons. The standard InChI is InChI=1S/C20H28FNO4S/c1-20(2,3)26-19(23)22-11-9-17(10-12-22)14-27(24,25)15-18(21)13-16-7-5-4-6-8-16/h4-8,13,17H,9-12,14-15H2,1-3H3. The summed E-state index contributed by atoms with van der Waals surface area (Å²) in [6, 6.07) is 8.80. The molecule has 1 aromatic carbocycles. The molecule has 0 aliphatic carbocycles. The third kappa shape index (κ3) is 7.71. The van der Waals surface area contributed by atoms with Crippen LogP contribution in [0.4, 0.5) is 9.18 Å². The summed E-state index contributed by atoms with van der Waals surface area (Å²) in [5.41, 5.74) is 0.0794. The second-order valence-corrected chi connectivity index (χ2v) is 10.1. The van der Waals surface area contributed by atoms with E-state index in [1.165, 1.54) is 6.08 Å². The van der Waals surface area contributed by atoms with E-state index in [-0.39, 0.29) is 17.8 Å². The van der Waals surface area contributed by atoms with E-state index in [0.29, 0.717) is 31.5 Å². The fourth-order valence-electron chi connectivity index (χ4n) is 3.01. The van der Waals surface area contributed by atoms with Gasteiger partial charge in [-0.3, -0.25) is 0 Å². The molecule has 0 saturated carbocycles. The van der Waals surface area contributed by atoms with Crippen LogP contribution in [0.25, 0.3) is 6.08 Å². The molecule has 2 rings (SSSR count). The van der Waals surface area contributed by atoms with Crippen LogP contribution >= 0.6 is 0 Å². The quantitative estimate of drug-likeness (QED) is 0.752. The number of nitrogens with zero attached hydrogens (tertiary/aromatic N) is 1. The number of benzene rings is 1. The van der Waals surface area contributed by atoms with Gasteiger partial charge >= 0.3 is 6.09 Å². The van der Waals surface area contributed by atoms with Gasteiger partial charge in [0.1, 0.15) is 17.2 Å². The Bertz CT molecular complexity index is 761. The number of hydrogen-bond donors (Lipinski definition) is 0. The van der Waals surface area contributed by atoms with Gasteiger partial charge in [0.25, 0.3) is 0 Å². The molecule has 7 heteroatoms. The highest BCUT2D eigenvalue weighted by Gasteiger charge is 2.29. The molecular formula is C20H28FNO4S. The summed E-state index contributed by atoms with van der Waals surface area (Å²) < 4.78 is 44.0. The summed E-state index contributed by atoms with van der Waals surface area (Å²) in [5.74, 6) is -1.38. The highest BCUT2D eigenvalue weighted by atomic mass is 32.2. The largest absolute Gasteiger partial charge is 0.444 e. The maximum Gasteiger partial charge on any atom is 0.410 e. The van der Waals surface area contributed by atoms with Gasteiger partial charge in [-0.2, -0.15) is 0 Å². The van der Waals surface area contributed by atoms with Crippen molar-refractivity contribution >= 4 is 22.0 Å². The van der Waals surface area contributed by atoms with E-state index in [1.807, 2.05) is 26.8 Å². The molecule has 0 bridgehead atoms. The number of rotatable bonds is 5. The van der Waals surface area contributed by atoms with Gasteiger partial charge in [0.15, 0.2) is 9.84 Å². The number of amides is 1. The summed E-state index contributed by atoms with van der Waals surface area (Å²) in [4.78, 5) is 13.7. The minimum Gasteiger partial charge on any atom is -0.444 e. The van der Waals surface area contributed by atoms with E-state index in [2.05, 4.69) is 0 Å². The third-order valence-electron chi connectivity index (χ3n) is 4.24. The lowest BCUT2D eigenvalue weighted by atomic mass is 9.99. The zero-order valence-electron chi connectivity index (χ0n) is 16.2. The fraction of sp³-hybridized carbons (Fsp3) is 0.550. The van der Waals surface area contributed by atoms with Gasteiger partial charge < -0.3 is 9.64 Å².